The van der Waals surface area contributed by atoms with Gasteiger partial charge in [-0.1, -0.05) is 13.8 Å². The molecule has 0 saturated carbocycles. The molecule has 2 rings (SSSR count). The molecule has 0 aromatic carbocycles. The number of amides is 2. The Morgan fingerprint density at radius 1 is 1.50 bits per heavy atom. The average molecular weight is 345 g/mol. The van der Waals surface area contributed by atoms with Crippen LogP contribution >= 0.6 is 0 Å². The summed E-state index contributed by atoms with van der Waals surface area (Å²) in [5.41, 5.74) is 2.43. The molecule has 136 valence electrons. The third kappa shape index (κ3) is 3.84. The average Bonchev–Trinajstić information content (AvgIpc) is 2.87. The van der Waals surface area contributed by atoms with Gasteiger partial charge in [0.1, 0.15) is 24.5 Å². The molecule has 0 aromatic rings. The lowest BCUT2D eigenvalue weighted by Gasteiger charge is -2.32. The minimum Gasteiger partial charge on any atom is -0.394 e. The highest BCUT2D eigenvalue weighted by Crippen LogP contribution is 2.25. The number of aliphatic hydroxyl groups excluding tert-OH is 3. The van der Waals surface area contributed by atoms with E-state index < -0.39 is 49.3 Å². The van der Waals surface area contributed by atoms with Crippen LogP contribution in [0.1, 0.15) is 20.3 Å². The first kappa shape index (κ1) is 18.6. The number of hydroxylamine groups is 1. The van der Waals surface area contributed by atoms with Crippen LogP contribution in [0.2, 0.25) is 0 Å². The van der Waals surface area contributed by atoms with E-state index in [4.69, 9.17) is 14.7 Å². The number of carbonyl (C=O) groups is 2. The van der Waals surface area contributed by atoms with E-state index in [2.05, 4.69) is 10.8 Å². The lowest BCUT2D eigenvalue weighted by Crippen LogP contribution is -2.56. The predicted molar refractivity (Wildman–Crippen MR) is 79.7 cm³/mol. The Bertz CT molecular complexity index is 501. The molecule has 5 N–H and O–H groups in total. The van der Waals surface area contributed by atoms with Crippen LogP contribution in [0.15, 0.2) is 12.3 Å². The Kier molecular flexibility index (Phi) is 6.13. The van der Waals surface area contributed by atoms with Crippen molar-refractivity contribution in [1.82, 2.24) is 15.7 Å². The topological polar surface area (TPSA) is 141 Å². The van der Waals surface area contributed by atoms with Crippen molar-refractivity contribution in [3.63, 3.8) is 0 Å². The number of aliphatic hydroxyl groups is 3. The molecule has 2 amide bonds. The SMILES string of the molecule is CC[C@@H](C)C(=O)ONC1C=CN([C@@H]2O[C@H](CO)[C@@H](O)[C@H]2O)C(=O)N1. The van der Waals surface area contributed by atoms with Crippen molar-refractivity contribution in [3.05, 3.63) is 12.3 Å². The summed E-state index contributed by atoms with van der Waals surface area (Å²) in [5, 5.41) is 31.2. The zero-order valence-corrected chi connectivity index (χ0v) is 13.5. The molecule has 2 aliphatic heterocycles. The van der Waals surface area contributed by atoms with Crippen LogP contribution < -0.4 is 10.8 Å². The van der Waals surface area contributed by atoms with Gasteiger partial charge in [-0.05, 0) is 12.5 Å². The van der Waals surface area contributed by atoms with Crippen LogP contribution in [0.5, 0.6) is 0 Å². The molecule has 1 unspecified atom stereocenters. The molecular formula is C14H23N3O7. The van der Waals surface area contributed by atoms with E-state index in [1.807, 2.05) is 6.92 Å². The Labute approximate surface area is 139 Å². The summed E-state index contributed by atoms with van der Waals surface area (Å²) in [7, 11) is 0. The van der Waals surface area contributed by atoms with Crippen molar-refractivity contribution in [2.75, 3.05) is 6.61 Å². The van der Waals surface area contributed by atoms with Crippen molar-refractivity contribution in [2.24, 2.45) is 5.92 Å². The minimum absolute atomic E-state index is 0.267. The van der Waals surface area contributed by atoms with Crippen molar-refractivity contribution in [3.8, 4) is 0 Å². The minimum atomic E-state index is -1.36. The Balaban J connectivity index is 1.93. The lowest BCUT2D eigenvalue weighted by atomic mass is 10.1. The number of rotatable bonds is 6. The molecule has 2 heterocycles. The third-order valence-corrected chi connectivity index (χ3v) is 4.05. The van der Waals surface area contributed by atoms with Crippen LogP contribution in [-0.2, 0) is 14.4 Å². The van der Waals surface area contributed by atoms with Crippen LogP contribution in [0.3, 0.4) is 0 Å². The number of nitrogens with one attached hydrogen (secondary N) is 2. The van der Waals surface area contributed by atoms with Gasteiger partial charge in [-0.2, -0.15) is 0 Å². The molecule has 2 aliphatic rings. The van der Waals surface area contributed by atoms with E-state index in [-0.39, 0.29) is 5.92 Å². The molecule has 0 aromatic heterocycles. The molecule has 0 bridgehead atoms. The third-order valence-electron chi connectivity index (χ3n) is 4.05. The van der Waals surface area contributed by atoms with Crippen molar-refractivity contribution in [2.45, 2.75) is 51.0 Å². The van der Waals surface area contributed by atoms with E-state index in [1.54, 1.807) is 6.92 Å². The van der Waals surface area contributed by atoms with Crippen molar-refractivity contribution >= 4 is 12.0 Å². The van der Waals surface area contributed by atoms with E-state index in [0.29, 0.717) is 6.42 Å². The quantitative estimate of drug-likeness (QED) is 0.362. The van der Waals surface area contributed by atoms with E-state index in [1.165, 1.54) is 12.3 Å². The van der Waals surface area contributed by atoms with Gasteiger partial charge in [0.05, 0.1) is 12.5 Å². The number of carbonyl (C=O) groups excluding carboxylic acids is 2. The summed E-state index contributed by atoms with van der Waals surface area (Å²) in [5.74, 6) is -0.706. The predicted octanol–water partition coefficient (Wildman–Crippen LogP) is -1.62. The maximum absolute atomic E-state index is 12.1. The Hall–Kier alpha value is -1.72. The number of ether oxygens (including phenoxy) is 1. The summed E-state index contributed by atoms with van der Waals surface area (Å²) in [6, 6.07) is -0.621. The van der Waals surface area contributed by atoms with Gasteiger partial charge in [0.15, 0.2) is 6.23 Å². The molecule has 24 heavy (non-hydrogen) atoms. The molecule has 1 fully saturated rings. The first-order valence-corrected chi connectivity index (χ1v) is 7.74. The summed E-state index contributed by atoms with van der Waals surface area (Å²) in [4.78, 5) is 29.6. The van der Waals surface area contributed by atoms with Gasteiger partial charge in [0, 0.05) is 6.20 Å². The first-order valence-electron chi connectivity index (χ1n) is 7.74. The largest absolute Gasteiger partial charge is 0.394 e. The highest BCUT2D eigenvalue weighted by atomic mass is 16.7. The molecule has 0 radical (unpaired) electrons. The maximum atomic E-state index is 12.1. The van der Waals surface area contributed by atoms with Gasteiger partial charge >= 0.3 is 12.0 Å². The molecule has 1 saturated heterocycles. The Morgan fingerprint density at radius 2 is 2.21 bits per heavy atom. The van der Waals surface area contributed by atoms with Gasteiger partial charge in [0.2, 0.25) is 0 Å². The second-order valence-electron chi connectivity index (χ2n) is 5.75. The van der Waals surface area contributed by atoms with E-state index >= 15 is 0 Å². The monoisotopic (exact) mass is 345 g/mol. The standard InChI is InChI=1S/C14H23N3O7/c1-3-7(2)13(21)24-16-9-4-5-17(14(22)15-9)12-11(20)10(19)8(6-18)23-12/h4-5,7-12,16,18-20H,3,6H2,1-2H3,(H,15,22)/t7-,8-,9?,10-,11-,12-/m1/s1. The number of hydrogen-bond acceptors (Lipinski definition) is 8. The van der Waals surface area contributed by atoms with Crippen LogP contribution in [0.25, 0.3) is 0 Å². The zero-order valence-electron chi connectivity index (χ0n) is 13.5. The molecule has 10 nitrogen and oxygen atoms in total. The van der Waals surface area contributed by atoms with Crippen LogP contribution in [0.4, 0.5) is 4.79 Å². The van der Waals surface area contributed by atoms with Crippen LogP contribution in [-0.4, -0.2) is 69.5 Å². The normalized spacial score (nSPS) is 34.1. The second-order valence-corrected chi connectivity index (χ2v) is 5.75. The highest BCUT2D eigenvalue weighted by Gasteiger charge is 2.46. The maximum Gasteiger partial charge on any atom is 0.327 e. The summed E-state index contributed by atoms with van der Waals surface area (Å²) in [6.07, 6.45) is -2.03. The van der Waals surface area contributed by atoms with Crippen molar-refractivity contribution < 1.29 is 34.5 Å². The highest BCUT2D eigenvalue weighted by molar-refractivity contribution is 5.77. The Morgan fingerprint density at radius 3 is 2.75 bits per heavy atom. The van der Waals surface area contributed by atoms with Gasteiger partial charge in [-0.15, -0.1) is 5.48 Å². The fraction of sp³-hybridized carbons (Fsp3) is 0.714. The first-order chi connectivity index (χ1) is 11.4. The number of urea groups is 1. The van der Waals surface area contributed by atoms with E-state index in [9.17, 15) is 19.8 Å². The van der Waals surface area contributed by atoms with E-state index in [0.717, 1.165) is 4.90 Å². The molecule has 6 atom stereocenters. The molecule has 0 aliphatic carbocycles. The van der Waals surface area contributed by atoms with Crippen molar-refractivity contribution in [1.29, 1.82) is 0 Å². The van der Waals surface area contributed by atoms with Crippen LogP contribution in [0, 0.1) is 5.92 Å². The second kappa shape index (κ2) is 7.90. The lowest BCUT2D eigenvalue weighted by molar-refractivity contribution is -0.157. The summed E-state index contributed by atoms with van der Waals surface area (Å²) < 4.78 is 5.28. The summed E-state index contributed by atoms with van der Waals surface area (Å²) >= 11 is 0. The van der Waals surface area contributed by atoms with Gasteiger partial charge in [-0.25, -0.2) is 4.79 Å². The smallest absolute Gasteiger partial charge is 0.327 e. The van der Waals surface area contributed by atoms with Gasteiger partial charge < -0.3 is 30.2 Å². The molecule has 10 heteroatoms. The number of hydrogen-bond donors (Lipinski definition) is 5. The molecule has 0 spiro atoms. The summed E-state index contributed by atoms with van der Waals surface area (Å²) in [6.45, 7) is 3.10. The zero-order chi connectivity index (χ0) is 17.9. The molecular weight excluding hydrogens is 322 g/mol. The van der Waals surface area contributed by atoms with Gasteiger partial charge in [-0.3, -0.25) is 9.69 Å². The fourth-order valence-corrected chi connectivity index (χ4v) is 2.27. The fourth-order valence-electron chi connectivity index (χ4n) is 2.27. The number of nitrogens with zero attached hydrogens (tertiary/aromatic N) is 1. The van der Waals surface area contributed by atoms with Gasteiger partial charge in [0.25, 0.3) is 0 Å².